The van der Waals surface area contributed by atoms with Crippen molar-refractivity contribution in [2.75, 3.05) is 0 Å². The van der Waals surface area contributed by atoms with Crippen LogP contribution in [0.15, 0.2) is 42.5 Å². The number of imide groups is 1. The van der Waals surface area contributed by atoms with Gasteiger partial charge in [-0.25, -0.2) is 9.18 Å². The van der Waals surface area contributed by atoms with Crippen molar-refractivity contribution in [1.82, 2.24) is 10.2 Å². The third-order valence-corrected chi connectivity index (χ3v) is 5.35. The summed E-state index contributed by atoms with van der Waals surface area (Å²) in [6.45, 7) is 0.0215. The Hall–Kier alpha value is -2.40. The number of carbonyl (C=O) groups is 2. The largest absolute Gasteiger partial charge is 0.325 e. The van der Waals surface area contributed by atoms with E-state index in [0.29, 0.717) is 12.0 Å². The average Bonchev–Trinajstić information content (AvgIpc) is 2.82. The van der Waals surface area contributed by atoms with Crippen LogP contribution in [-0.2, 0) is 23.3 Å². The Morgan fingerprint density at radius 1 is 1.20 bits per heavy atom. The second-order valence-electron chi connectivity index (χ2n) is 6.47. The van der Waals surface area contributed by atoms with Crippen LogP contribution < -0.4 is 5.32 Å². The molecule has 1 atom stereocenters. The first-order chi connectivity index (χ1) is 12.0. The normalized spacial score (nSPS) is 22.2. The van der Waals surface area contributed by atoms with Gasteiger partial charge in [0.25, 0.3) is 5.91 Å². The van der Waals surface area contributed by atoms with Crippen molar-refractivity contribution in [3.05, 3.63) is 70.0 Å². The van der Waals surface area contributed by atoms with E-state index in [9.17, 15) is 14.0 Å². The molecule has 0 radical (unpaired) electrons. The molecule has 2 aromatic carbocycles. The number of nitrogens with zero attached hydrogens (tertiary/aromatic N) is 1. The van der Waals surface area contributed by atoms with Gasteiger partial charge in [0.15, 0.2) is 0 Å². The monoisotopic (exact) mass is 358 g/mol. The molecular weight excluding hydrogens is 343 g/mol. The number of carbonyl (C=O) groups excluding carboxylic acids is 2. The van der Waals surface area contributed by atoms with Gasteiger partial charge >= 0.3 is 6.03 Å². The van der Waals surface area contributed by atoms with Crippen molar-refractivity contribution < 1.29 is 14.0 Å². The van der Waals surface area contributed by atoms with E-state index in [-0.39, 0.29) is 17.5 Å². The zero-order chi connectivity index (χ0) is 17.6. The maximum atomic E-state index is 13.2. The van der Waals surface area contributed by atoms with Gasteiger partial charge in [0.2, 0.25) is 0 Å². The van der Waals surface area contributed by atoms with Crippen LogP contribution in [-0.4, -0.2) is 16.8 Å². The molecule has 1 heterocycles. The summed E-state index contributed by atoms with van der Waals surface area (Å²) < 4.78 is 13.2. The van der Waals surface area contributed by atoms with Gasteiger partial charge in [-0.3, -0.25) is 9.69 Å². The molecule has 4 nitrogen and oxygen atoms in total. The van der Waals surface area contributed by atoms with Crippen molar-refractivity contribution >= 4 is 23.5 Å². The van der Waals surface area contributed by atoms with E-state index in [0.717, 1.165) is 24.0 Å². The number of hydrogen-bond acceptors (Lipinski definition) is 2. The van der Waals surface area contributed by atoms with E-state index in [1.165, 1.54) is 23.1 Å². The van der Waals surface area contributed by atoms with Crippen molar-refractivity contribution in [2.24, 2.45) is 0 Å². The summed E-state index contributed by atoms with van der Waals surface area (Å²) in [5.74, 6) is -0.728. The molecule has 6 heteroatoms. The van der Waals surface area contributed by atoms with Crippen molar-refractivity contribution in [3.63, 3.8) is 0 Å². The zero-order valence-electron chi connectivity index (χ0n) is 13.4. The number of fused-ring (bicyclic) bond motifs is 2. The number of aryl methyl sites for hydroxylation is 1. The van der Waals surface area contributed by atoms with Crippen LogP contribution in [0.3, 0.4) is 0 Å². The van der Waals surface area contributed by atoms with E-state index in [4.69, 9.17) is 11.6 Å². The molecule has 2 aromatic rings. The summed E-state index contributed by atoms with van der Waals surface area (Å²) in [7, 11) is 0. The maximum Gasteiger partial charge on any atom is 0.325 e. The van der Waals surface area contributed by atoms with E-state index < -0.39 is 17.4 Å². The van der Waals surface area contributed by atoms with Crippen LogP contribution >= 0.6 is 11.6 Å². The van der Waals surface area contributed by atoms with Gasteiger partial charge in [0.05, 0.1) is 6.54 Å². The molecule has 1 aliphatic carbocycles. The summed E-state index contributed by atoms with van der Waals surface area (Å²) in [5.41, 5.74) is 1.49. The minimum Gasteiger partial charge on any atom is -0.319 e. The van der Waals surface area contributed by atoms with E-state index in [2.05, 4.69) is 5.32 Å². The van der Waals surface area contributed by atoms with E-state index >= 15 is 0 Å². The smallest absolute Gasteiger partial charge is 0.319 e. The molecule has 0 aromatic heterocycles. The van der Waals surface area contributed by atoms with E-state index in [1.807, 2.05) is 24.3 Å². The van der Waals surface area contributed by atoms with Crippen LogP contribution in [0.5, 0.6) is 0 Å². The fourth-order valence-electron chi connectivity index (χ4n) is 3.78. The number of halogens is 2. The summed E-state index contributed by atoms with van der Waals surface area (Å²) in [6.07, 6.45) is 2.29. The third kappa shape index (κ3) is 2.50. The summed E-state index contributed by atoms with van der Waals surface area (Å²) in [4.78, 5) is 26.9. The number of amides is 3. The van der Waals surface area contributed by atoms with Crippen molar-refractivity contribution in [1.29, 1.82) is 0 Å². The molecule has 1 fully saturated rings. The lowest BCUT2D eigenvalue weighted by molar-refractivity contribution is -0.132. The zero-order valence-corrected chi connectivity index (χ0v) is 14.1. The fourth-order valence-corrected chi connectivity index (χ4v) is 4.00. The number of hydrogen-bond donors (Lipinski definition) is 1. The number of rotatable bonds is 2. The Morgan fingerprint density at radius 2 is 2.00 bits per heavy atom. The second kappa shape index (κ2) is 5.85. The highest BCUT2D eigenvalue weighted by Crippen LogP contribution is 2.40. The highest BCUT2D eigenvalue weighted by atomic mass is 35.5. The molecule has 25 heavy (non-hydrogen) atoms. The van der Waals surface area contributed by atoms with Crippen molar-refractivity contribution in [3.8, 4) is 0 Å². The average molecular weight is 359 g/mol. The molecule has 4 rings (SSSR count). The van der Waals surface area contributed by atoms with Gasteiger partial charge in [0.1, 0.15) is 11.4 Å². The van der Waals surface area contributed by atoms with Gasteiger partial charge in [0, 0.05) is 5.02 Å². The molecule has 1 aliphatic heterocycles. The Balaban J connectivity index is 1.70. The second-order valence-corrected chi connectivity index (χ2v) is 6.88. The lowest BCUT2D eigenvalue weighted by atomic mass is 9.76. The molecule has 1 saturated heterocycles. The van der Waals surface area contributed by atoms with Crippen LogP contribution in [0, 0.1) is 5.82 Å². The SMILES string of the molecule is O=C1N[C@@]2(CCCc3ccccc32)C(=O)N1Cc1ccc(F)cc1Cl. The Morgan fingerprint density at radius 3 is 2.80 bits per heavy atom. The molecular formula is C19H16ClFN2O2. The Kier molecular flexibility index (Phi) is 3.76. The quantitative estimate of drug-likeness (QED) is 0.831. The first-order valence-electron chi connectivity index (χ1n) is 8.18. The molecule has 0 unspecified atom stereocenters. The number of nitrogens with one attached hydrogen (secondary N) is 1. The maximum absolute atomic E-state index is 13.2. The standard InChI is InChI=1S/C19H16ClFN2O2/c20-16-10-14(21)8-7-13(16)11-23-17(24)19(22-18(23)25)9-3-5-12-4-1-2-6-15(12)19/h1-2,4,6-8,10H,3,5,9,11H2,(H,22,25)/t19-/m1/s1. The highest BCUT2D eigenvalue weighted by molar-refractivity contribution is 6.31. The van der Waals surface area contributed by atoms with Crippen LogP contribution in [0.25, 0.3) is 0 Å². The Labute approximate surface area is 149 Å². The predicted molar refractivity (Wildman–Crippen MR) is 91.5 cm³/mol. The minimum atomic E-state index is -1.00. The van der Waals surface area contributed by atoms with Crippen LogP contribution in [0.1, 0.15) is 29.5 Å². The molecule has 0 bridgehead atoms. The topological polar surface area (TPSA) is 49.4 Å². The number of benzene rings is 2. The van der Waals surface area contributed by atoms with Gasteiger partial charge in [-0.1, -0.05) is 41.9 Å². The van der Waals surface area contributed by atoms with Crippen LogP contribution in [0.2, 0.25) is 5.02 Å². The lowest BCUT2D eigenvalue weighted by Crippen LogP contribution is -2.46. The molecule has 1 spiro atoms. The van der Waals surface area contributed by atoms with Crippen LogP contribution in [0.4, 0.5) is 9.18 Å². The number of urea groups is 1. The van der Waals surface area contributed by atoms with Gasteiger partial charge < -0.3 is 5.32 Å². The molecule has 0 saturated carbocycles. The summed E-state index contributed by atoms with van der Waals surface area (Å²) in [6, 6.07) is 11.2. The third-order valence-electron chi connectivity index (χ3n) is 4.99. The molecule has 2 aliphatic rings. The minimum absolute atomic E-state index is 0.0215. The summed E-state index contributed by atoms with van der Waals surface area (Å²) in [5, 5.41) is 3.10. The van der Waals surface area contributed by atoms with Gasteiger partial charge in [-0.2, -0.15) is 0 Å². The first kappa shape index (κ1) is 16.1. The molecule has 1 N–H and O–H groups in total. The molecule has 3 amide bonds. The fraction of sp³-hybridized carbons (Fsp3) is 0.263. The highest BCUT2D eigenvalue weighted by Gasteiger charge is 2.53. The predicted octanol–water partition coefficient (Wildman–Crippen LogP) is 3.76. The molecule has 128 valence electrons. The van der Waals surface area contributed by atoms with Crippen molar-refractivity contribution in [2.45, 2.75) is 31.3 Å². The summed E-state index contributed by atoms with van der Waals surface area (Å²) >= 11 is 6.05. The Bertz CT molecular complexity index is 885. The van der Waals surface area contributed by atoms with Gasteiger partial charge in [-0.15, -0.1) is 0 Å². The van der Waals surface area contributed by atoms with E-state index in [1.54, 1.807) is 0 Å². The first-order valence-corrected chi connectivity index (χ1v) is 8.55. The van der Waals surface area contributed by atoms with Gasteiger partial charge in [-0.05, 0) is 48.1 Å². The lowest BCUT2D eigenvalue weighted by Gasteiger charge is -2.33.